The number of amides is 3. The molecule has 15 heteroatoms. The van der Waals surface area contributed by atoms with Crippen LogP contribution in [0.25, 0.3) is 0 Å². The number of carboxylic acids is 3. The maximum absolute atomic E-state index is 13.1. The molecule has 5 atom stereocenters. The van der Waals surface area contributed by atoms with Crippen molar-refractivity contribution in [3.63, 3.8) is 0 Å². The number of hydrogen-bond acceptors (Lipinski definition) is 9. The Labute approximate surface area is 219 Å². The van der Waals surface area contributed by atoms with Gasteiger partial charge in [-0.3, -0.25) is 38.9 Å². The SMILES string of the molecule is CC(=O)NC(CC(=O)O)C(O)NC(CCC(=O)O)C(=O)NC(C(=O)NC(CC(=O)O)C(=O)C(C)C)C(C)C. The van der Waals surface area contributed by atoms with Gasteiger partial charge in [-0.05, 0) is 12.3 Å². The minimum Gasteiger partial charge on any atom is -0.481 e. The number of nitrogens with one attached hydrogen (secondary N) is 4. The molecule has 0 aromatic carbocycles. The number of hydrogen-bond donors (Lipinski definition) is 8. The molecule has 0 aliphatic heterocycles. The van der Waals surface area contributed by atoms with Crippen molar-refractivity contribution in [2.75, 3.05) is 0 Å². The number of aliphatic hydroxyl groups excluding tert-OH is 1. The van der Waals surface area contributed by atoms with Gasteiger partial charge in [-0.25, -0.2) is 0 Å². The van der Waals surface area contributed by atoms with Gasteiger partial charge in [0, 0.05) is 19.3 Å². The quantitative estimate of drug-likeness (QED) is 0.0908. The van der Waals surface area contributed by atoms with Crippen molar-refractivity contribution in [2.45, 2.75) is 90.7 Å². The molecule has 0 aromatic rings. The van der Waals surface area contributed by atoms with Crippen molar-refractivity contribution in [3.05, 3.63) is 0 Å². The summed E-state index contributed by atoms with van der Waals surface area (Å²) in [7, 11) is 0. The fourth-order valence-corrected chi connectivity index (χ4v) is 3.42. The van der Waals surface area contributed by atoms with Crippen LogP contribution < -0.4 is 21.3 Å². The molecule has 0 aliphatic carbocycles. The van der Waals surface area contributed by atoms with E-state index in [1.807, 2.05) is 0 Å². The lowest BCUT2D eigenvalue weighted by Crippen LogP contribution is -2.60. The number of carbonyl (C=O) groups excluding carboxylic acids is 4. The lowest BCUT2D eigenvalue weighted by atomic mass is 9.97. The van der Waals surface area contributed by atoms with Crippen LogP contribution in [0, 0.1) is 11.8 Å². The fourth-order valence-electron chi connectivity index (χ4n) is 3.42. The lowest BCUT2D eigenvalue weighted by Gasteiger charge is -2.30. The third-order valence-corrected chi connectivity index (χ3v) is 5.35. The highest BCUT2D eigenvalue weighted by Gasteiger charge is 2.34. The van der Waals surface area contributed by atoms with Crippen molar-refractivity contribution in [3.8, 4) is 0 Å². The van der Waals surface area contributed by atoms with E-state index in [1.54, 1.807) is 13.8 Å². The largest absolute Gasteiger partial charge is 0.481 e. The molecule has 8 N–H and O–H groups in total. The molecule has 0 bridgehead atoms. The molecule has 0 radical (unpaired) electrons. The van der Waals surface area contributed by atoms with E-state index in [2.05, 4.69) is 21.3 Å². The van der Waals surface area contributed by atoms with E-state index in [4.69, 9.17) is 15.3 Å². The number of ketones is 1. The molecule has 216 valence electrons. The Morgan fingerprint density at radius 2 is 1.26 bits per heavy atom. The van der Waals surface area contributed by atoms with Gasteiger partial charge in [0.15, 0.2) is 5.78 Å². The highest BCUT2D eigenvalue weighted by molar-refractivity contribution is 5.96. The van der Waals surface area contributed by atoms with Crippen molar-refractivity contribution < 1.29 is 54.0 Å². The zero-order valence-corrected chi connectivity index (χ0v) is 22.0. The van der Waals surface area contributed by atoms with E-state index in [0.29, 0.717) is 0 Å². The maximum atomic E-state index is 13.1. The Hall–Kier alpha value is -3.59. The summed E-state index contributed by atoms with van der Waals surface area (Å²) in [5.74, 6) is -8.08. The van der Waals surface area contributed by atoms with Gasteiger partial charge in [0.2, 0.25) is 17.7 Å². The molecule has 0 saturated heterocycles. The second-order valence-corrected chi connectivity index (χ2v) is 9.45. The Morgan fingerprint density at radius 1 is 0.711 bits per heavy atom. The second-order valence-electron chi connectivity index (χ2n) is 9.45. The molecule has 0 rings (SSSR count). The molecular weight excluding hydrogens is 508 g/mol. The minimum absolute atomic E-state index is 0.377. The number of Topliss-reactive ketones (excluding diaryl/α,β-unsaturated/α-hetero) is 1. The normalized spacial score (nSPS) is 15.1. The van der Waals surface area contributed by atoms with Gasteiger partial charge >= 0.3 is 17.9 Å². The van der Waals surface area contributed by atoms with Crippen LogP contribution in [0.4, 0.5) is 0 Å². The first kappa shape index (κ1) is 34.4. The molecular formula is C23H38N4O11. The van der Waals surface area contributed by atoms with Crippen LogP contribution >= 0.6 is 0 Å². The predicted octanol–water partition coefficient (Wildman–Crippen LogP) is -1.57. The molecule has 15 nitrogen and oxygen atoms in total. The van der Waals surface area contributed by atoms with E-state index in [-0.39, 0.29) is 6.42 Å². The van der Waals surface area contributed by atoms with Gasteiger partial charge in [-0.1, -0.05) is 27.7 Å². The second kappa shape index (κ2) is 16.3. The van der Waals surface area contributed by atoms with Crippen LogP contribution in [0.15, 0.2) is 0 Å². The molecule has 0 saturated carbocycles. The molecule has 0 aromatic heterocycles. The number of carbonyl (C=O) groups is 7. The zero-order valence-electron chi connectivity index (χ0n) is 22.0. The van der Waals surface area contributed by atoms with E-state index in [1.165, 1.54) is 13.8 Å². The molecule has 3 amide bonds. The van der Waals surface area contributed by atoms with Gasteiger partial charge in [-0.2, -0.15) is 0 Å². The highest BCUT2D eigenvalue weighted by atomic mass is 16.4. The summed E-state index contributed by atoms with van der Waals surface area (Å²) in [5, 5.41) is 47.1. The van der Waals surface area contributed by atoms with Crippen molar-refractivity contribution >= 4 is 41.4 Å². The highest BCUT2D eigenvalue weighted by Crippen LogP contribution is 2.10. The Bertz CT molecular complexity index is 875. The fraction of sp³-hybridized carbons (Fsp3) is 0.696. The summed E-state index contributed by atoms with van der Waals surface area (Å²) in [5.41, 5.74) is 0. The summed E-state index contributed by atoms with van der Waals surface area (Å²) in [4.78, 5) is 83.2. The summed E-state index contributed by atoms with van der Waals surface area (Å²) in [6.45, 7) is 7.29. The van der Waals surface area contributed by atoms with E-state index >= 15 is 0 Å². The molecule has 0 spiro atoms. The predicted molar refractivity (Wildman–Crippen MR) is 130 cm³/mol. The molecule has 5 unspecified atom stereocenters. The van der Waals surface area contributed by atoms with Crippen LogP contribution in [0.2, 0.25) is 0 Å². The topological polar surface area (TPSA) is 249 Å². The van der Waals surface area contributed by atoms with Gasteiger partial charge < -0.3 is 36.4 Å². The third-order valence-electron chi connectivity index (χ3n) is 5.35. The lowest BCUT2D eigenvalue weighted by molar-refractivity contribution is -0.142. The standard InChI is InChI=1S/C23H38N4O11/c1-10(2)19(23(38)26-14(8-17(31)32)20(35)11(3)4)27-21(36)13(6-7-16(29)30)25-22(37)15(9-18(33)34)24-12(5)28/h10-11,13-15,19,22,25,37H,6-9H2,1-5H3,(H,24,28)(H,26,38)(H,27,36)(H,29,30)(H,31,32)(H,33,34). The molecule has 0 heterocycles. The van der Waals surface area contributed by atoms with Gasteiger partial charge in [0.1, 0.15) is 12.3 Å². The van der Waals surface area contributed by atoms with Crippen molar-refractivity contribution in [2.24, 2.45) is 11.8 Å². The van der Waals surface area contributed by atoms with Crippen molar-refractivity contribution in [1.82, 2.24) is 21.3 Å². The van der Waals surface area contributed by atoms with Crippen LogP contribution in [-0.4, -0.2) is 92.2 Å². The van der Waals surface area contributed by atoms with Gasteiger partial charge in [0.25, 0.3) is 0 Å². The van der Waals surface area contributed by atoms with Crippen LogP contribution in [0.5, 0.6) is 0 Å². The first-order valence-electron chi connectivity index (χ1n) is 12.0. The van der Waals surface area contributed by atoms with Crippen LogP contribution in [0.3, 0.4) is 0 Å². The van der Waals surface area contributed by atoms with Crippen LogP contribution in [0.1, 0.15) is 60.3 Å². The first-order chi connectivity index (χ1) is 17.5. The molecule has 0 aliphatic rings. The monoisotopic (exact) mass is 546 g/mol. The maximum Gasteiger partial charge on any atom is 0.305 e. The summed E-state index contributed by atoms with van der Waals surface area (Å²) in [6.07, 6.45) is -4.09. The van der Waals surface area contributed by atoms with Crippen molar-refractivity contribution in [1.29, 1.82) is 0 Å². The van der Waals surface area contributed by atoms with Gasteiger partial charge in [0.05, 0.1) is 31.0 Å². The van der Waals surface area contributed by atoms with E-state index in [9.17, 15) is 38.7 Å². The van der Waals surface area contributed by atoms with Gasteiger partial charge in [-0.15, -0.1) is 0 Å². The molecule has 38 heavy (non-hydrogen) atoms. The number of rotatable bonds is 18. The Kier molecular flexibility index (Phi) is 14.8. The Morgan fingerprint density at radius 3 is 1.68 bits per heavy atom. The van der Waals surface area contributed by atoms with E-state index < -0.39 is 103 Å². The average Bonchev–Trinajstić information content (AvgIpc) is 2.76. The Balaban J connectivity index is 5.83. The zero-order chi connectivity index (χ0) is 29.7. The summed E-state index contributed by atoms with van der Waals surface area (Å²) < 4.78 is 0. The number of aliphatic hydroxyl groups is 1. The number of carboxylic acid groups (broad SMARTS) is 3. The van der Waals surface area contributed by atoms with E-state index in [0.717, 1.165) is 6.92 Å². The average molecular weight is 547 g/mol. The summed E-state index contributed by atoms with van der Waals surface area (Å²) in [6, 6.07) is -5.44. The van der Waals surface area contributed by atoms with Crippen LogP contribution in [-0.2, 0) is 33.6 Å². The summed E-state index contributed by atoms with van der Waals surface area (Å²) >= 11 is 0. The first-order valence-corrected chi connectivity index (χ1v) is 12.0. The smallest absolute Gasteiger partial charge is 0.305 e. The number of aliphatic carboxylic acids is 3. The third kappa shape index (κ3) is 13.1. The molecule has 0 fully saturated rings. The minimum atomic E-state index is -1.78.